The number of pyridine rings is 2. The topological polar surface area (TPSA) is 47.0 Å². The average molecular weight is 215 g/mol. The van der Waals surface area contributed by atoms with Gasteiger partial charge in [-0.3, -0.25) is 4.98 Å². The summed E-state index contributed by atoms with van der Waals surface area (Å²) < 4.78 is 5.17. The summed E-state index contributed by atoms with van der Waals surface area (Å²) in [4.78, 5) is 8.09. The molecular formula is C12H13N3O. The number of nitrogens with zero attached hydrogens (tertiary/aromatic N) is 2. The molecule has 2 aromatic rings. The van der Waals surface area contributed by atoms with E-state index in [0.29, 0.717) is 12.4 Å². The highest BCUT2D eigenvalue weighted by atomic mass is 16.5. The van der Waals surface area contributed by atoms with Gasteiger partial charge >= 0.3 is 0 Å². The zero-order chi connectivity index (χ0) is 11.2. The zero-order valence-electron chi connectivity index (χ0n) is 9.05. The first-order valence-corrected chi connectivity index (χ1v) is 5.02. The molecule has 82 valence electrons. The van der Waals surface area contributed by atoms with Gasteiger partial charge in [-0.2, -0.15) is 0 Å². The Morgan fingerprint density at radius 3 is 2.75 bits per heavy atom. The second kappa shape index (κ2) is 5.11. The van der Waals surface area contributed by atoms with Crippen molar-refractivity contribution >= 4 is 5.69 Å². The molecule has 0 saturated heterocycles. The number of nitrogens with one attached hydrogen (secondary N) is 1. The molecule has 0 fully saturated rings. The van der Waals surface area contributed by atoms with Crippen molar-refractivity contribution in [1.82, 2.24) is 9.97 Å². The summed E-state index contributed by atoms with van der Waals surface area (Å²) in [6.07, 6.45) is 5.22. The molecule has 0 spiro atoms. The largest absolute Gasteiger partial charge is 0.481 e. The Kier molecular flexibility index (Phi) is 3.33. The Labute approximate surface area is 94.3 Å². The number of hydrogen-bond acceptors (Lipinski definition) is 4. The number of anilines is 1. The highest BCUT2D eigenvalue weighted by Crippen LogP contribution is 2.15. The van der Waals surface area contributed by atoms with Crippen LogP contribution >= 0.6 is 0 Å². The van der Waals surface area contributed by atoms with Gasteiger partial charge < -0.3 is 10.1 Å². The van der Waals surface area contributed by atoms with Gasteiger partial charge in [0.25, 0.3) is 0 Å². The van der Waals surface area contributed by atoms with E-state index in [1.165, 1.54) is 0 Å². The molecule has 0 atom stereocenters. The lowest BCUT2D eigenvalue weighted by atomic mass is 10.2. The molecule has 0 aromatic carbocycles. The molecule has 0 aliphatic carbocycles. The fourth-order valence-corrected chi connectivity index (χ4v) is 1.41. The molecule has 0 aliphatic heterocycles. The first-order chi connectivity index (χ1) is 7.90. The zero-order valence-corrected chi connectivity index (χ0v) is 9.05. The minimum absolute atomic E-state index is 0.657. The van der Waals surface area contributed by atoms with Crippen molar-refractivity contribution < 1.29 is 4.74 Å². The summed E-state index contributed by atoms with van der Waals surface area (Å²) in [6.45, 7) is 0.682. The molecule has 0 amide bonds. The van der Waals surface area contributed by atoms with Gasteiger partial charge in [-0.25, -0.2) is 4.98 Å². The van der Waals surface area contributed by atoms with E-state index in [0.717, 1.165) is 11.3 Å². The lowest BCUT2D eigenvalue weighted by Gasteiger charge is -2.08. The van der Waals surface area contributed by atoms with Crippen molar-refractivity contribution in [2.75, 3.05) is 12.4 Å². The first kappa shape index (κ1) is 10.4. The van der Waals surface area contributed by atoms with E-state index in [4.69, 9.17) is 4.74 Å². The number of aromatic nitrogens is 2. The molecule has 0 radical (unpaired) electrons. The van der Waals surface area contributed by atoms with E-state index in [1.807, 2.05) is 24.3 Å². The fourth-order valence-electron chi connectivity index (χ4n) is 1.41. The molecule has 4 heteroatoms. The molecule has 2 rings (SSSR count). The van der Waals surface area contributed by atoms with Gasteiger partial charge in [0.2, 0.25) is 5.88 Å². The Hall–Kier alpha value is -2.10. The van der Waals surface area contributed by atoms with Crippen LogP contribution < -0.4 is 10.1 Å². The third kappa shape index (κ3) is 2.48. The molecule has 0 unspecified atom stereocenters. The van der Waals surface area contributed by atoms with Crippen LogP contribution in [0.2, 0.25) is 0 Å². The summed E-state index contributed by atoms with van der Waals surface area (Å²) in [5.74, 6) is 0.657. The van der Waals surface area contributed by atoms with Gasteiger partial charge in [0.1, 0.15) is 0 Å². The number of ether oxygens (including phenoxy) is 1. The van der Waals surface area contributed by atoms with Crippen molar-refractivity contribution in [2.24, 2.45) is 0 Å². The van der Waals surface area contributed by atoms with Gasteiger partial charge in [-0.05, 0) is 18.2 Å². The third-order valence-electron chi connectivity index (χ3n) is 2.21. The van der Waals surface area contributed by atoms with Crippen LogP contribution in [0.5, 0.6) is 5.88 Å². The van der Waals surface area contributed by atoms with E-state index in [2.05, 4.69) is 15.3 Å². The quantitative estimate of drug-likeness (QED) is 0.848. The normalized spacial score (nSPS) is 9.81. The molecule has 0 bridgehead atoms. The van der Waals surface area contributed by atoms with E-state index >= 15 is 0 Å². The van der Waals surface area contributed by atoms with Crippen LogP contribution in [-0.4, -0.2) is 17.1 Å². The van der Waals surface area contributed by atoms with E-state index in [-0.39, 0.29) is 0 Å². The first-order valence-electron chi connectivity index (χ1n) is 5.02. The molecule has 0 aliphatic rings. The lowest BCUT2D eigenvalue weighted by Crippen LogP contribution is -2.02. The van der Waals surface area contributed by atoms with Crippen LogP contribution in [0.25, 0.3) is 0 Å². The monoisotopic (exact) mass is 215 g/mol. The van der Waals surface area contributed by atoms with Crippen LogP contribution in [0.4, 0.5) is 5.69 Å². The maximum Gasteiger partial charge on any atom is 0.218 e. The Morgan fingerprint density at radius 1 is 1.19 bits per heavy atom. The van der Waals surface area contributed by atoms with Crippen LogP contribution in [0.3, 0.4) is 0 Å². The molecule has 2 heterocycles. The molecular weight excluding hydrogens is 202 g/mol. The average Bonchev–Trinajstić information content (AvgIpc) is 2.38. The Morgan fingerprint density at radius 2 is 2.00 bits per heavy atom. The third-order valence-corrected chi connectivity index (χ3v) is 2.21. The van der Waals surface area contributed by atoms with Crippen LogP contribution in [0.1, 0.15) is 5.56 Å². The number of rotatable bonds is 4. The summed E-state index contributed by atoms with van der Waals surface area (Å²) in [7, 11) is 1.62. The van der Waals surface area contributed by atoms with Gasteiger partial charge in [0.15, 0.2) is 0 Å². The second-order valence-electron chi connectivity index (χ2n) is 3.26. The van der Waals surface area contributed by atoms with Crippen molar-refractivity contribution in [1.29, 1.82) is 0 Å². The molecule has 4 nitrogen and oxygen atoms in total. The Bertz CT molecular complexity index is 445. The molecule has 0 saturated carbocycles. The Balaban J connectivity index is 2.05. The van der Waals surface area contributed by atoms with Crippen LogP contribution in [0, 0.1) is 0 Å². The minimum atomic E-state index is 0.657. The summed E-state index contributed by atoms with van der Waals surface area (Å²) in [5, 5.41) is 3.28. The fraction of sp³-hybridized carbons (Fsp3) is 0.167. The SMILES string of the molecule is COc1ncccc1CNc1ccncc1. The van der Waals surface area contributed by atoms with Crippen LogP contribution in [-0.2, 0) is 6.54 Å². The molecule has 16 heavy (non-hydrogen) atoms. The predicted molar refractivity (Wildman–Crippen MR) is 62.4 cm³/mol. The van der Waals surface area contributed by atoms with Gasteiger partial charge in [-0.15, -0.1) is 0 Å². The lowest BCUT2D eigenvalue weighted by molar-refractivity contribution is 0.393. The highest BCUT2D eigenvalue weighted by Gasteiger charge is 2.02. The van der Waals surface area contributed by atoms with Crippen molar-refractivity contribution in [3.63, 3.8) is 0 Å². The summed E-state index contributed by atoms with van der Waals surface area (Å²) in [5.41, 5.74) is 2.06. The molecule has 1 N–H and O–H groups in total. The highest BCUT2D eigenvalue weighted by molar-refractivity contribution is 5.42. The van der Waals surface area contributed by atoms with E-state index in [9.17, 15) is 0 Å². The minimum Gasteiger partial charge on any atom is -0.481 e. The van der Waals surface area contributed by atoms with Crippen molar-refractivity contribution in [3.05, 3.63) is 48.4 Å². The maximum absolute atomic E-state index is 5.17. The van der Waals surface area contributed by atoms with E-state index < -0.39 is 0 Å². The van der Waals surface area contributed by atoms with E-state index in [1.54, 1.807) is 25.7 Å². The van der Waals surface area contributed by atoms with Gasteiger partial charge in [0, 0.05) is 36.4 Å². The van der Waals surface area contributed by atoms with Gasteiger partial charge in [-0.1, -0.05) is 6.07 Å². The summed E-state index contributed by atoms with van der Waals surface area (Å²) in [6, 6.07) is 7.72. The second-order valence-corrected chi connectivity index (χ2v) is 3.26. The van der Waals surface area contributed by atoms with Crippen molar-refractivity contribution in [2.45, 2.75) is 6.54 Å². The number of methoxy groups -OCH3 is 1. The predicted octanol–water partition coefficient (Wildman–Crippen LogP) is 2.10. The standard InChI is InChI=1S/C12H13N3O/c1-16-12-10(3-2-6-14-12)9-15-11-4-7-13-8-5-11/h2-8H,9H2,1H3,(H,13,15). The van der Waals surface area contributed by atoms with Crippen molar-refractivity contribution in [3.8, 4) is 5.88 Å². The smallest absolute Gasteiger partial charge is 0.218 e. The van der Waals surface area contributed by atoms with Gasteiger partial charge in [0.05, 0.1) is 7.11 Å². The molecule has 2 aromatic heterocycles. The van der Waals surface area contributed by atoms with Crippen LogP contribution in [0.15, 0.2) is 42.9 Å². The maximum atomic E-state index is 5.17. The summed E-state index contributed by atoms with van der Waals surface area (Å²) >= 11 is 0. The number of hydrogen-bond donors (Lipinski definition) is 1.